The molecule has 1 aromatic rings. The van der Waals surface area contributed by atoms with Gasteiger partial charge in [-0.25, -0.2) is 0 Å². The van der Waals surface area contributed by atoms with Crippen molar-refractivity contribution in [3.63, 3.8) is 0 Å². The van der Waals surface area contributed by atoms with Crippen LogP contribution in [0.5, 0.6) is 0 Å². The Morgan fingerprint density at radius 3 is 2.12 bits per heavy atom. The van der Waals surface area contributed by atoms with E-state index in [1.54, 1.807) is 0 Å². The van der Waals surface area contributed by atoms with Gasteiger partial charge in [0.1, 0.15) is 11.8 Å². The van der Waals surface area contributed by atoms with Gasteiger partial charge in [-0.15, -0.1) is 11.8 Å². The molecule has 0 aliphatic heterocycles. The SMILES string of the molecule is CCCCCCCCCCCCc1ccccc1C(SCCC(=O)NCC(=O)OC)C(=O)OC. The molecule has 1 amide bonds. The Labute approximate surface area is 209 Å². The van der Waals surface area contributed by atoms with Gasteiger partial charge in [0.15, 0.2) is 0 Å². The topological polar surface area (TPSA) is 81.7 Å². The number of nitrogens with one attached hydrogen (secondary N) is 1. The summed E-state index contributed by atoms with van der Waals surface area (Å²) in [5.41, 5.74) is 2.13. The summed E-state index contributed by atoms with van der Waals surface area (Å²) in [6.07, 6.45) is 14.0. The van der Waals surface area contributed by atoms with Crippen LogP contribution in [0.1, 0.15) is 93.9 Å². The highest BCUT2D eigenvalue weighted by Gasteiger charge is 2.24. The van der Waals surface area contributed by atoms with E-state index < -0.39 is 11.2 Å². The monoisotopic (exact) mass is 493 g/mol. The molecule has 0 fully saturated rings. The minimum Gasteiger partial charge on any atom is -0.468 e. The van der Waals surface area contributed by atoms with Crippen LogP contribution < -0.4 is 5.32 Å². The number of ether oxygens (including phenoxy) is 2. The highest BCUT2D eigenvalue weighted by atomic mass is 32.2. The van der Waals surface area contributed by atoms with E-state index in [4.69, 9.17) is 4.74 Å². The van der Waals surface area contributed by atoms with Crippen molar-refractivity contribution < 1.29 is 23.9 Å². The second-order valence-electron chi connectivity index (χ2n) is 8.51. The maximum absolute atomic E-state index is 12.5. The summed E-state index contributed by atoms with van der Waals surface area (Å²) in [6.45, 7) is 2.10. The molecule has 0 saturated heterocycles. The molecule has 0 spiro atoms. The van der Waals surface area contributed by atoms with E-state index in [-0.39, 0.29) is 24.8 Å². The minimum atomic E-state index is -0.491. The average molecular weight is 494 g/mol. The fourth-order valence-corrected chi connectivity index (χ4v) is 4.99. The molecule has 0 aliphatic carbocycles. The Morgan fingerprint density at radius 1 is 0.882 bits per heavy atom. The first-order valence-corrected chi connectivity index (χ1v) is 13.7. The van der Waals surface area contributed by atoms with Crippen LogP contribution in [0.2, 0.25) is 0 Å². The Morgan fingerprint density at radius 2 is 1.50 bits per heavy atom. The predicted molar refractivity (Wildman–Crippen MR) is 139 cm³/mol. The van der Waals surface area contributed by atoms with Crippen LogP contribution in [-0.2, 0) is 30.3 Å². The molecular weight excluding hydrogens is 450 g/mol. The molecule has 0 aliphatic rings. The maximum atomic E-state index is 12.5. The largest absolute Gasteiger partial charge is 0.468 e. The molecular formula is C27H43NO5S. The molecule has 0 saturated carbocycles. The molecule has 1 rings (SSSR count). The summed E-state index contributed by atoms with van der Waals surface area (Å²) in [5.74, 6) is -0.607. The molecule has 1 unspecified atom stereocenters. The molecule has 0 bridgehead atoms. The molecule has 192 valence electrons. The third-order valence-electron chi connectivity index (χ3n) is 5.82. The summed E-state index contributed by atoms with van der Waals surface area (Å²) < 4.78 is 9.57. The number of amides is 1. The van der Waals surface area contributed by atoms with E-state index in [0.29, 0.717) is 5.75 Å². The number of esters is 2. The van der Waals surface area contributed by atoms with Crippen molar-refractivity contribution in [1.82, 2.24) is 5.32 Å². The van der Waals surface area contributed by atoms with Gasteiger partial charge in [0.2, 0.25) is 5.91 Å². The van der Waals surface area contributed by atoms with Gasteiger partial charge in [-0.3, -0.25) is 14.4 Å². The van der Waals surface area contributed by atoms with Gasteiger partial charge in [0.25, 0.3) is 0 Å². The lowest BCUT2D eigenvalue weighted by atomic mass is 9.98. The van der Waals surface area contributed by atoms with Gasteiger partial charge < -0.3 is 14.8 Å². The molecule has 0 radical (unpaired) electrons. The summed E-state index contributed by atoms with van der Waals surface area (Å²) in [7, 11) is 2.67. The van der Waals surface area contributed by atoms with Gasteiger partial charge in [-0.05, 0) is 24.0 Å². The fourth-order valence-electron chi connectivity index (χ4n) is 3.81. The highest BCUT2D eigenvalue weighted by Crippen LogP contribution is 2.33. The van der Waals surface area contributed by atoms with Crippen LogP contribution in [0.15, 0.2) is 24.3 Å². The minimum absolute atomic E-state index is 0.151. The summed E-state index contributed by atoms with van der Waals surface area (Å²) in [6, 6.07) is 8.02. The smallest absolute Gasteiger partial charge is 0.325 e. The number of carbonyl (C=O) groups is 3. The van der Waals surface area contributed by atoms with Crippen molar-refractivity contribution in [3.8, 4) is 0 Å². The van der Waals surface area contributed by atoms with E-state index in [9.17, 15) is 14.4 Å². The fraction of sp³-hybridized carbons (Fsp3) is 0.667. The first-order valence-electron chi connectivity index (χ1n) is 12.6. The number of benzene rings is 1. The van der Waals surface area contributed by atoms with E-state index in [1.165, 1.54) is 89.3 Å². The molecule has 1 N–H and O–H groups in total. The van der Waals surface area contributed by atoms with E-state index >= 15 is 0 Å². The molecule has 34 heavy (non-hydrogen) atoms. The van der Waals surface area contributed by atoms with Crippen molar-refractivity contribution in [3.05, 3.63) is 35.4 Å². The molecule has 1 aromatic carbocycles. The second kappa shape index (κ2) is 19.3. The summed E-state index contributed by atoms with van der Waals surface area (Å²) in [4.78, 5) is 35.6. The maximum Gasteiger partial charge on any atom is 0.325 e. The van der Waals surface area contributed by atoms with Crippen molar-refractivity contribution in [1.29, 1.82) is 0 Å². The first kappa shape index (κ1) is 30.0. The summed E-state index contributed by atoms with van der Waals surface area (Å²) >= 11 is 1.40. The van der Waals surface area contributed by atoms with Gasteiger partial charge in [-0.2, -0.15) is 0 Å². The van der Waals surface area contributed by atoms with Crippen molar-refractivity contribution in [2.75, 3.05) is 26.5 Å². The van der Waals surface area contributed by atoms with Gasteiger partial charge in [0, 0.05) is 12.2 Å². The Balaban J connectivity index is 2.50. The van der Waals surface area contributed by atoms with E-state index in [0.717, 1.165) is 18.4 Å². The number of thioether (sulfide) groups is 1. The van der Waals surface area contributed by atoms with Crippen LogP contribution >= 0.6 is 11.8 Å². The molecule has 0 heterocycles. The summed E-state index contributed by atoms with van der Waals surface area (Å²) in [5, 5.41) is 2.05. The molecule has 7 heteroatoms. The average Bonchev–Trinajstić information content (AvgIpc) is 2.86. The van der Waals surface area contributed by atoms with Crippen molar-refractivity contribution in [2.24, 2.45) is 0 Å². The van der Waals surface area contributed by atoms with Gasteiger partial charge in [0.05, 0.1) is 14.2 Å². The number of rotatable bonds is 19. The number of hydrogen-bond donors (Lipinski definition) is 1. The second-order valence-corrected chi connectivity index (χ2v) is 9.72. The normalized spacial score (nSPS) is 11.6. The number of unbranched alkanes of at least 4 members (excludes halogenated alkanes) is 9. The van der Waals surface area contributed by atoms with Crippen LogP contribution in [0, 0.1) is 0 Å². The number of hydrogen-bond acceptors (Lipinski definition) is 6. The van der Waals surface area contributed by atoms with Crippen molar-refractivity contribution in [2.45, 2.75) is 89.2 Å². The van der Waals surface area contributed by atoms with Crippen LogP contribution in [-0.4, -0.2) is 44.4 Å². The lowest BCUT2D eigenvalue weighted by Crippen LogP contribution is -2.30. The lowest BCUT2D eigenvalue weighted by molar-refractivity contribution is -0.141. The number of carbonyl (C=O) groups excluding carboxylic acids is 3. The number of methoxy groups -OCH3 is 2. The zero-order valence-corrected chi connectivity index (χ0v) is 22.1. The third-order valence-corrected chi connectivity index (χ3v) is 7.04. The predicted octanol–water partition coefficient (Wildman–Crippen LogP) is 5.78. The van der Waals surface area contributed by atoms with Crippen LogP contribution in [0.4, 0.5) is 0 Å². The third kappa shape index (κ3) is 13.0. The van der Waals surface area contributed by atoms with Gasteiger partial charge >= 0.3 is 11.9 Å². The molecule has 1 atom stereocenters. The Kier molecular flexibility index (Phi) is 17.0. The zero-order valence-electron chi connectivity index (χ0n) is 21.2. The van der Waals surface area contributed by atoms with E-state index in [1.807, 2.05) is 18.2 Å². The quantitative estimate of drug-likeness (QED) is 0.194. The number of aryl methyl sites for hydroxylation is 1. The zero-order chi connectivity index (χ0) is 25.0. The Hall–Kier alpha value is -2.02. The van der Waals surface area contributed by atoms with E-state index in [2.05, 4.69) is 23.0 Å². The molecule has 6 nitrogen and oxygen atoms in total. The van der Waals surface area contributed by atoms with Gasteiger partial charge in [-0.1, -0.05) is 89.0 Å². The highest BCUT2D eigenvalue weighted by molar-refractivity contribution is 8.00. The van der Waals surface area contributed by atoms with Crippen molar-refractivity contribution >= 4 is 29.6 Å². The molecule has 0 aromatic heterocycles. The lowest BCUT2D eigenvalue weighted by Gasteiger charge is -2.18. The van der Waals surface area contributed by atoms with Crippen LogP contribution in [0.25, 0.3) is 0 Å². The standard InChI is InChI=1S/C27H43NO5S/c1-4-5-6-7-8-9-10-11-12-13-16-22-17-14-15-18-23(22)26(27(31)33-3)34-20-19-24(29)28-21-25(30)32-2/h14-15,17-18,26H,4-13,16,19-21H2,1-3H3,(H,28,29). The van der Waals surface area contributed by atoms with Crippen LogP contribution in [0.3, 0.4) is 0 Å². The Bertz CT molecular complexity index is 725. The first-order chi connectivity index (χ1) is 16.5.